The normalized spacial score (nSPS) is 34.8. The molecule has 0 aromatic rings. The highest BCUT2D eigenvalue weighted by Crippen LogP contribution is 2.29. The summed E-state index contributed by atoms with van der Waals surface area (Å²) in [4.78, 5) is 0. The minimum atomic E-state index is -0.228. The number of hydrogen-bond donors (Lipinski definition) is 3. The van der Waals surface area contributed by atoms with Crippen LogP contribution in [0.3, 0.4) is 0 Å². The van der Waals surface area contributed by atoms with Crippen molar-refractivity contribution >= 4 is 0 Å². The zero-order valence-corrected chi connectivity index (χ0v) is 20.4. The Morgan fingerprint density at radius 1 is 0.533 bits per heavy atom. The predicted octanol–water partition coefficient (Wildman–Crippen LogP) is 4.27. The summed E-state index contributed by atoms with van der Waals surface area (Å²) in [5.74, 6) is 3.17. The van der Waals surface area contributed by atoms with Crippen LogP contribution in [0.1, 0.15) is 80.1 Å². The number of aliphatic hydroxyl groups is 3. The molecule has 2 saturated heterocycles. The molecule has 0 radical (unpaired) electrons. The third-order valence-electron chi connectivity index (χ3n) is 7.09. The summed E-state index contributed by atoms with van der Waals surface area (Å²) in [5.41, 5.74) is 0. The first-order valence-corrected chi connectivity index (χ1v) is 12.3. The van der Waals surface area contributed by atoms with Gasteiger partial charge in [-0.05, 0) is 55.3 Å². The smallest absolute Gasteiger partial charge is 0.0805 e. The average molecular weight is 431 g/mol. The molecule has 1 saturated carbocycles. The van der Waals surface area contributed by atoms with Gasteiger partial charge in [-0.3, -0.25) is 0 Å². The molecule has 0 amide bonds. The molecular weight excluding hydrogens is 380 g/mol. The van der Waals surface area contributed by atoms with E-state index in [0.717, 1.165) is 39.1 Å². The van der Waals surface area contributed by atoms with Crippen molar-refractivity contribution in [2.24, 2.45) is 35.5 Å². The van der Waals surface area contributed by atoms with Crippen molar-refractivity contribution < 1.29 is 24.8 Å². The molecule has 5 nitrogen and oxygen atoms in total. The minimum absolute atomic E-state index is 0.00579. The second-order valence-corrected chi connectivity index (χ2v) is 10.4. The molecule has 3 aliphatic rings. The fraction of sp³-hybridized carbons (Fsp3) is 1.00. The van der Waals surface area contributed by atoms with Gasteiger partial charge in [0.25, 0.3) is 0 Å². The predicted molar refractivity (Wildman–Crippen MR) is 122 cm³/mol. The molecule has 6 unspecified atom stereocenters. The van der Waals surface area contributed by atoms with Gasteiger partial charge in [0.1, 0.15) is 0 Å². The highest BCUT2D eigenvalue weighted by atomic mass is 16.5. The van der Waals surface area contributed by atoms with Crippen LogP contribution in [0.15, 0.2) is 0 Å². The van der Waals surface area contributed by atoms with Crippen LogP contribution >= 0.6 is 0 Å². The topological polar surface area (TPSA) is 79.2 Å². The average Bonchev–Trinajstić information content (AvgIpc) is 2.69. The molecule has 1 aliphatic carbocycles. The summed E-state index contributed by atoms with van der Waals surface area (Å²) in [6.45, 7) is 15.8. The molecule has 3 fully saturated rings. The SMILES string of the molecule is CC(C)C1CCCCC1O.CC(C)C1CCOCC1O.CC(C)C1COCCC1O. The maximum Gasteiger partial charge on any atom is 0.0805 e. The number of hydrogen-bond acceptors (Lipinski definition) is 5. The van der Waals surface area contributed by atoms with Crippen molar-refractivity contribution in [3.8, 4) is 0 Å². The Kier molecular flexibility index (Phi) is 13.7. The van der Waals surface area contributed by atoms with E-state index in [1.807, 2.05) is 0 Å². The lowest BCUT2D eigenvalue weighted by molar-refractivity contribution is -0.0572. The fourth-order valence-electron chi connectivity index (χ4n) is 4.82. The Balaban J connectivity index is 0.000000225. The lowest BCUT2D eigenvalue weighted by Gasteiger charge is -2.30. The molecule has 3 N–H and O–H groups in total. The molecule has 3 rings (SSSR count). The van der Waals surface area contributed by atoms with Gasteiger partial charge in [0.2, 0.25) is 0 Å². The van der Waals surface area contributed by atoms with Gasteiger partial charge in [0.15, 0.2) is 0 Å². The molecule has 5 heteroatoms. The van der Waals surface area contributed by atoms with Gasteiger partial charge in [-0.2, -0.15) is 0 Å². The van der Waals surface area contributed by atoms with Crippen LogP contribution in [0, 0.1) is 35.5 Å². The molecule has 6 atom stereocenters. The quantitative estimate of drug-likeness (QED) is 0.623. The summed E-state index contributed by atoms with van der Waals surface area (Å²) < 4.78 is 10.4. The van der Waals surface area contributed by atoms with Gasteiger partial charge in [0.05, 0.1) is 31.5 Å². The van der Waals surface area contributed by atoms with Crippen LogP contribution in [0.5, 0.6) is 0 Å². The summed E-state index contributed by atoms with van der Waals surface area (Å²) in [6.07, 6.45) is 6.27. The molecule has 180 valence electrons. The maximum atomic E-state index is 9.54. The molecule has 2 aliphatic heterocycles. The zero-order chi connectivity index (χ0) is 22.7. The van der Waals surface area contributed by atoms with Crippen molar-refractivity contribution in [2.45, 2.75) is 98.4 Å². The van der Waals surface area contributed by atoms with Crippen LogP contribution in [-0.2, 0) is 9.47 Å². The Morgan fingerprint density at radius 3 is 1.40 bits per heavy atom. The highest BCUT2D eigenvalue weighted by Gasteiger charge is 2.27. The first-order chi connectivity index (χ1) is 14.1. The van der Waals surface area contributed by atoms with Gasteiger partial charge in [-0.25, -0.2) is 0 Å². The Bertz CT molecular complexity index is 364. The molecule has 0 aromatic carbocycles. The van der Waals surface area contributed by atoms with Crippen LogP contribution < -0.4 is 0 Å². The van der Waals surface area contributed by atoms with Crippen LogP contribution in [0.25, 0.3) is 0 Å². The summed E-state index contributed by atoms with van der Waals surface area (Å²) >= 11 is 0. The first-order valence-electron chi connectivity index (χ1n) is 12.3. The maximum absolute atomic E-state index is 9.54. The van der Waals surface area contributed by atoms with Crippen molar-refractivity contribution in [3.05, 3.63) is 0 Å². The summed E-state index contributed by atoms with van der Waals surface area (Å²) in [6, 6.07) is 0. The van der Waals surface area contributed by atoms with Crippen molar-refractivity contribution in [2.75, 3.05) is 26.4 Å². The van der Waals surface area contributed by atoms with E-state index in [9.17, 15) is 15.3 Å². The molecule has 0 aromatic heterocycles. The largest absolute Gasteiger partial charge is 0.393 e. The lowest BCUT2D eigenvalue weighted by atomic mass is 9.79. The van der Waals surface area contributed by atoms with Crippen LogP contribution in [0.2, 0.25) is 0 Å². The highest BCUT2D eigenvalue weighted by molar-refractivity contribution is 4.77. The lowest BCUT2D eigenvalue weighted by Crippen LogP contribution is -2.35. The molecular formula is C25H50O5. The summed E-state index contributed by atoms with van der Waals surface area (Å²) in [7, 11) is 0. The van der Waals surface area contributed by atoms with Gasteiger partial charge in [-0.1, -0.05) is 54.4 Å². The van der Waals surface area contributed by atoms with E-state index >= 15 is 0 Å². The van der Waals surface area contributed by atoms with E-state index in [0.29, 0.717) is 42.1 Å². The van der Waals surface area contributed by atoms with E-state index in [-0.39, 0.29) is 18.3 Å². The Labute approximate surface area is 185 Å². The second-order valence-electron chi connectivity index (χ2n) is 10.4. The third kappa shape index (κ3) is 9.95. The van der Waals surface area contributed by atoms with Crippen LogP contribution in [-0.4, -0.2) is 60.1 Å². The van der Waals surface area contributed by atoms with Crippen LogP contribution in [0.4, 0.5) is 0 Å². The monoisotopic (exact) mass is 430 g/mol. The van der Waals surface area contributed by atoms with E-state index in [1.54, 1.807) is 0 Å². The molecule has 2 heterocycles. The van der Waals surface area contributed by atoms with E-state index < -0.39 is 0 Å². The second kappa shape index (κ2) is 14.8. The van der Waals surface area contributed by atoms with Gasteiger partial charge in [-0.15, -0.1) is 0 Å². The Hall–Kier alpha value is -0.200. The van der Waals surface area contributed by atoms with E-state index in [4.69, 9.17) is 9.47 Å². The molecule has 0 spiro atoms. The van der Waals surface area contributed by atoms with Gasteiger partial charge >= 0.3 is 0 Å². The third-order valence-corrected chi connectivity index (χ3v) is 7.09. The molecule has 30 heavy (non-hydrogen) atoms. The van der Waals surface area contributed by atoms with Gasteiger partial charge in [0, 0.05) is 19.1 Å². The number of aliphatic hydroxyl groups excluding tert-OH is 3. The fourth-order valence-corrected chi connectivity index (χ4v) is 4.82. The Morgan fingerprint density at radius 2 is 1.00 bits per heavy atom. The first kappa shape index (κ1) is 27.8. The standard InChI is InChI=1S/C9H18O.2C8H16O2/c1-7(2)8-5-3-4-6-9(8)10;1-6(2)7-5-10-4-3-8(7)9;1-6(2)7-3-4-10-5-8(7)9/h7-10H,3-6H2,1-2H3;2*6-9H,3-5H2,1-2H3. The summed E-state index contributed by atoms with van der Waals surface area (Å²) in [5, 5.41) is 28.4. The van der Waals surface area contributed by atoms with Crippen molar-refractivity contribution in [1.29, 1.82) is 0 Å². The van der Waals surface area contributed by atoms with E-state index in [1.165, 1.54) is 19.3 Å². The number of ether oxygens (including phenoxy) is 2. The number of rotatable bonds is 3. The minimum Gasteiger partial charge on any atom is -0.393 e. The zero-order valence-electron chi connectivity index (χ0n) is 20.4. The van der Waals surface area contributed by atoms with Crippen molar-refractivity contribution in [1.82, 2.24) is 0 Å². The van der Waals surface area contributed by atoms with Crippen molar-refractivity contribution in [3.63, 3.8) is 0 Å². The van der Waals surface area contributed by atoms with E-state index in [2.05, 4.69) is 41.5 Å². The molecule has 0 bridgehead atoms. The van der Waals surface area contributed by atoms with Gasteiger partial charge < -0.3 is 24.8 Å².